The van der Waals surface area contributed by atoms with Crippen LogP contribution >= 0.6 is 0 Å². The van der Waals surface area contributed by atoms with E-state index in [4.69, 9.17) is 18.9 Å². The fourth-order valence-corrected chi connectivity index (χ4v) is 2.95. The molecule has 1 N–H and O–H groups in total. The number of carbonyl (C=O) groups is 1. The van der Waals surface area contributed by atoms with Crippen LogP contribution in [0, 0.1) is 0 Å². The van der Waals surface area contributed by atoms with Gasteiger partial charge in [-0.25, -0.2) is 0 Å². The Kier molecular flexibility index (Phi) is 7.52. The molecule has 2 rings (SSSR count). The molecule has 0 aromatic heterocycles. The molecule has 0 aliphatic rings. The van der Waals surface area contributed by atoms with Crippen molar-refractivity contribution in [3.8, 4) is 23.0 Å². The summed E-state index contributed by atoms with van der Waals surface area (Å²) in [5, 5.41) is 2.98. The van der Waals surface area contributed by atoms with Crippen LogP contribution in [0.15, 0.2) is 36.4 Å². The zero-order valence-electron chi connectivity index (χ0n) is 17.2. The molecule has 0 fully saturated rings. The lowest BCUT2D eigenvalue weighted by Crippen LogP contribution is -2.34. The van der Waals surface area contributed by atoms with E-state index in [2.05, 4.69) is 5.32 Å². The second-order valence-electron chi connectivity index (χ2n) is 6.38. The number of nitrogens with one attached hydrogen (secondary N) is 1. The fourth-order valence-electron chi connectivity index (χ4n) is 2.95. The number of benzene rings is 2. The van der Waals surface area contributed by atoms with E-state index in [0.29, 0.717) is 29.4 Å². The number of ether oxygens (including phenoxy) is 4. The fraction of sp³-hybridized carbons (Fsp3) is 0.381. The van der Waals surface area contributed by atoms with Crippen LogP contribution in [0.3, 0.4) is 0 Å². The molecule has 0 radical (unpaired) electrons. The molecule has 0 saturated carbocycles. The predicted molar refractivity (Wildman–Crippen MR) is 108 cm³/mol. The van der Waals surface area contributed by atoms with E-state index < -0.39 is 0 Å². The normalized spacial score (nSPS) is 11.7. The first-order valence-corrected chi connectivity index (χ1v) is 8.83. The maximum absolute atomic E-state index is 12.8. The number of carbonyl (C=O) groups excluding carboxylic acids is 1. The summed E-state index contributed by atoms with van der Waals surface area (Å²) in [5.74, 6) is 1.87. The molecule has 0 aliphatic carbocycles. The molecule has 0 spiro atoms. The topological polar surface area (TPSA) is 69.3 Å². The standard InChI is InChI=1S/C21H28N2O5/c1-23(2)17(14-8-7-9-16(10-14)25-3)13-22-21(24)15-11-18(26-4)20(28-6)19(12-15)27-5/h7-12,17H,13H2,1-6H3,(H,22,24). The van der Waals surface area contributed by atoms with E-state index in [0.717, 1.165) is 11.3 Å². The van der Waals surface area contributed by atoms with Gasteiger partial charge in [0.2, 0.25) is 5.75 Å². The van der Waals surface area contributed by atoms with Gasteiger partial charge in [0, 0.05) is 12.1 Å². The van der Waals surface area contributed by atoms with Crippen molar-refractivity contribution < 1.29 is 23.7 Å². The van der Waals surface area contributed by atoms with Gasteiger partial charge in [0.25, 0.3) is 5.91 Å². The van der Waals surface area contributed by atoms with Gasteiger partial charge < -0.3 is 29.2 Å². The third-order valence-electron chi connectivity index (χ3n) is 4.48. The van der Waals surface area contributed by atoms with Gasteiger partial charge in [-0.2, -0.15) is 0 Å². The summed E-state index contributed by atoms with van der Waals surface area (Å²) in [4.78, 5) is 14.8. The second-order valence-corrected chi connectivity index (χ2v) is 6.38. The van der Waals surface area contributed by atoms with E-state index in [1.807, 2.05) is 43.3 Å². The van der Waals surface area contributed by atoms with Crippen LogP contribution in [0.25, 0.3) is 0 Å². The van der Waals surface area contributed by atoms with Crippen molar-refractivity contribution in [3.63, 3.8) is 0 Å². The Morgan fingerprint density at radius 3 is 2.11 bits per heavy atom. The zero-order chi connectivity index (χ0) is 20.7. The summed E-state index contributed by atoms with van der Waals surface area (Å²) in [7, 11) is 10.1. The van der Waals surface area contributed by atoms with E-state index in [1.165, 1.54) is 21.3 Å². The molecule has 1 atom stereocenters. The van der Waals surface area contributed by atoms with Gasteiger partial charge in [0.1, 0.15) is 5.75 Å². The van der Waals surface area contributed by atoms with E-state index in [-0.39, 0.29) is 11.9 Å². The lowest BCUT2D eigenvalue weighted by atomic mass is 10.1. The molecular formula is C21H28N2O5. The van der Waals surface area contributed by atoms with Gasteiger partial charge in [-0.15, -0.1) is 0 Å². The van der Waals surface area contributed by atoms with Crippen molar-refractivity contribution in [1.29, 1.82) is 0 Å². The highest BCUT2D eigenvalue weighted by Crippen LogP contribution is 2.38. The molecule has 0 saturated heterocycles. The Labute approximate surface area is 166 Å². The first-order valence-electron chi connectivity index (χ1n) is 8.83. The lowest BCUT2D eigenvalue weighted by molar-refractivity contribution is 0.0941. The Hall–Kier alpha value is -2.93. The minimum atomic E-state index is -0.228. The van der Waals surface area contributed by atoms with Gasteiger partial charge in [-0.05, 0) is 43.9 Å². The van der Waals surface area contributed by atoms with Crippen LogP contribution in [0.4, 0.5) is 0 Å². The third kappa shape index (κ3) is 4.86. The maximum Gasteiger partial charge on any atom is 0.251 e. The monoisotopic (exact) mass is 388 g/mol. The van der Waals surface area contributed by atoms with Crippen LogP contribution in [-0.2, 0) is 0 Å². The highest BCUT2D eigenvalue weighted by Gasteiger charge is 2.19. The molecule has 28 heavy (non-hydrogen) atoms. The summed E-state index contributed by atoms with van der Waals surface area (Å²) < 4.78 is 21.3. The van der Waals surface area contributed by atoms with Crippen LogP contribution in [0.1, 0.15) is 22.0 Å². The SMILES string of the molecule is COc1cccc(C(CNC(=O)c2cc(OC)c(OC)c(OC)c2)N(C)C)c1. The highest BCUT2D eigenvalue weighted by molar-refractivity contribution is 5.95. The molecule has 7 nitrogen and oxygen atoms in total. The summed E-state index contributed by atoms with van der Waals surface area (Å²) >= 11 is 0. The largest absolute Gasteiger partial charge is 0.497 e. The lowest BCUT2D eigenvalue weighted by Gasteiger charge is -2.25. The molecular weight excluding hydrogens is 360 g/mol. The Morgan fingerprint density at radius 2 is 1.61 bits per heavy atom. The number of methoxy groups -OCH3 is 4. The van der Waals surface area contributed by atoms with Gasteiger partial charge >= 0.3 is 0 Å². The Bertz CT molecular complexity index is 782. The van der Waals surface area contributed by atoms with Crippen LogP contribution in [0.2, 0.25) is 0 Å². The van der Waals surface area contributed by atoms with Gasteiger partial charge in [-0.3, -0.25) is 4.79 Å². The summed E-state index contributed by atoms with van der Waals surface area (Å²) in [6.07, 6.45) is 0. The summed E-state index contributed by atoms with van der Waals surface area (Å²) in [6.45, 7) is 0.426. The number of hydrogen-bond donors (Lipinski definition) is 1. The smallest absolute Gasteiger partial charge is 0.251 e. The Balaban J connectivity index is 2.21. The quantitative estimate of drug-likeness (QED) is 0.712. The molecule has 7 heteroatoms. The highest BCUT2D eigenvalue weighted by atomic mass is 16.5. The average molecular weight is 388 g/mol. The third-order valence-corrected chi connectivity index (χ3v) is 4.48. The van der Waals surface area contributed by atoms with Crippen LogP contribution in [0.5, 0.6) is 23.0 Å². The molecule has 2 aromatic carbocycles. The molecule has 0 aliphatic heterocycles. The predicted octanol–water partition coefficient (Wildman–Crippen LogP) is 2.75. The molecule has 2 aromatic rings. The zero-order valence-corrected chi connectivity index (χ0v) is 17.2. The molecule has 0 heterocycles. The van der Waals surface area contributed by atoms with E-state index in [1.54, 1.807) is 19.2 Å². The number of nitrogens with zero attached hydrogens (tertiary/aromatic N) is 1. The van der Waals surface area contributed by atoms with Crippen molar-refractivity contribution in [2.45, 2.75) is 6.04 Å². The summed E-state index contributed by atoms with van der Waals surface area (Å²) in [6, 6.07) is 11.1. The number of rotatable bonds is 9. The van der Waals surface area contributed by atoms with Crippen molar-refractivity contribution in [2.24, 2.45) is 0 Å². The number of likely N-dealkylation sites (N-methyl/N-ethyl adjacent to an activating group) is 1. The van der Waals surface area contributed by atoms with Gasteiger partial charge in [0.15, 0.2) is 11.5 Å². The molecule has 1 amide bonds. The minimum absolute atomic E-state index is 0.0129. The van der Waals surface area contributed by atoms with Crippen molar-refractivity contribution in [2.75, 3.05) is 49.1 Å². The molecule has 1 unspecified atom stereocenters. The van der Waals surface area contributed by atoms with E-state index >= 15 is 0 Å². The van der Waals surface area contributed by atoms with E-state index in [9.17, 15) is 4.79 Å². The second kappa shape index (κ2) is 9.85. The van der Waals surface area contributed by atoms with Crippen molar-refractivity contribution in [1.82, 2.24) is 10.2 Å². The van der Waals surface area contributed by atoms with Gasteiger partial charge in [-0.1, -0.05) is 12.1 Å². The van der Waals surface area contributed by atoms with Crippen LogP contribution in [-0.4, -0.2) is 59.9 Å². The average Bonchev–Trinajstić information content (AvgIpc) is 2.72. The van der Waals surface area contributed by atoms with Gasteiger partial charge in [0.05, 0.1) is 34.5 Å². The number of amides is 1. The van der Waals surface area contributed by atoms with Crippen molar-refractivity contribution >= 4 is 5.91 Å². The first-order chi connectivity index (χ1) is 13.4. The Morgan fingerprint density at radius 1 is 0.964 bits per heavy atom. The van der Waals surface area contributed by atoms with Crippen molar-refractivity contribution in [3.05, 3.63) is 47.5 Å². The first kappa shape index (κ1) is 21.4. The molecule has 0 bridgehead atoms. The maximum atomic E-state index is 12.8. The number of hydrogen-bond acceptors (Lipinski definition) is 6. The summed E-state index contributed by atoms with van der Waals surface area (Å²) in [5.41, 5.74) is 1.48. The minimum Gasteiger partial charge on any atom is -0.497 e. The molecule has 152 valence electrons. The van der Waals surface area contributed by atoms with Crippen LogP contribution < -0.4 is 24.3 Å².